The fraction of sp³-hybridized carbons (Fsp3) is 0.294. The summed E-state index contributed by atoms with van der Waals surface area (Å²) in [4.78, 5) is 0. The summed E-state index contributed by atoms with van der Waals surface area (Å²) in [5.41, 5.74) is 1.89. The van der Waals surface area contributed by atoms with Gasteiger partial charge in [-0.05, 0) is 23.3 Å². The number of benzene rings is 2. The van der Waals surface area contributed by atoms with Gasteiger partial charge in [0.2, 0.25) is 0 Å². The molecule has 2 unspecified atom stereocenters. The standard InChI is InChI=1S/C17H20O3/c1-12(13-7-5-4-6-8-13)17(18)14-9-15(19-2)11-16(10-14)20-3/h4-12,17-18H,1-3H3. The maximum absolute atomic E-state index is 10.6. The molecule has 0 heterocycles. The van der Waals surface area contributed by atoms with Crippen molar-refractivity contribution >= 4 is 0 Å². The molecule has 0 spiro atoms. The third-order valence-corrected chi connectivity index (χ3v) is 3.51. The lowest BCUT2D eigenvalue weighted by Crippen LogP contribution is -2.08. The molecule has 0 amide bonds. The second kappa shape index (κ2) is 6.44. The molecular weight excluding hydrogens is 252 g/mol. The number of hydrogen-bond donors (Lipinski definition) is 1. The molecule has 0 aliphatic rings. The van der Waals surface area contributed by atoms with Crippen LogP contribution < -0.4 is 9.47 Å². The van der Waals surface area contributed by atoms with Crippen LogP contribution in [0.3, 0.4) is 0 Å². The topological polar surface area (TPSA) is 38.7 Å². The van der Waals surface area contributed by atoms with Crippen LogP contribution >= 0.6 is 0 Å². The first kappa shape index (κ1) is 14.4. The smallest absolute Gasteiger partial charge is 0.122 e. The van der Waals surface area contributed by atoms with Crippen molar-refractivity contribution in [2.24, 2.45) is 0 Å². The summed E-state index contributed by atoms with van der Waals surface area (Å²) >= 11 is 0. The summed E-state index contributed by atoms with van der Waals surface area (Å²) in [5.74, 6) is 1.35. The van der Waals surface area contributed by atoms with Gasteiger partial charge in [0.05, 0.1) is 20.3 Å². The predicted octanol–water partition coefficient (Wildman–Crippen LogP) is 3.54. The van der Waals surface area contributed by atoms with Crippen LogP contribution in [0.15, 0.2) is 48.5 Å². The average molecular weight is 272 g/mol. The summed E-state index contributed by atoms with van der Waals surface area (Å²) in [5, 5.41) is 10.6. The monoisotopic (exact) mass is 272 g/mol. The van der Waals surface area contributed by atoms with Crippen molar-refractivity contribution in [3.05, 3.63) is 59.7 Å². The highest BCUT2D eigenvalue weighted by molar-refractivity contribution is 5.40. The first-order valence-corrected chi connectivity index (χ1v) is 6.61. The number of aliphatic hydroxyl groups is 1. The van der Waals surface area contributed by atoms with Crippen molar-refractivity contribution in [3.8, 4) is 11.5 Å². The number of hydrogen-bond acceptors (Lipinski definition) is 3. The van der Waals surface area contributed by atoms with Crippen LogP contribution in [0.4, 0.5) is 0 Å². The van der Waals surface area contributed by atoms with Crippen LogP contribution in [0, 0.1) is 0 Å². The Morgan fingerprint density at radius 2 is 1.40 bits per heavy atom. The van der Waals surface area contributed by atoms with Gasteiger partial charge in [-0.25, -0.2) is 0 Å². The minimum absolute atomic E-state index is 0.00647. The van der Waals surface area contributed by atoms with Crippen molar-refractivity contribution in [2.45, 2.75) is 18.9 Å². The minimum Gasteiger partial charge on any atom is -0.497 e. The zero-order valence-electron chi connectivity index (χ0n) is 12.0. The van der Waals surface area contributed by atoms with E-state index in [9.17, 15) is 5.11 Å². The normalized spacial score (nSPS) is 13.6. The van der Waals surface area contributed by atoms with E-state index in [1.807, 2.05) is 49.4 Å². The third-order valence-electron chi connectivity index (χ3n) is 3.51. The van der Waals surface area contributed by atoms with Gasteiger partial charge in [0.25, 0.3) is 0 Å². The second-order valence-electron chi connectivity index (χ2n) is 4.79. The Kier molecular flexibility index (Phi) is 4.64. The van der Waals surface area contributed by atoms with Crippen molar-refractivity contribution in [2.75, 3.05) is 14.2 Å². The SMILES string of the molecule is COc1cc(OC)cc(C(O)C(C)c2ccccc2)c1. The quantitative estimate of drug-likeness (QED) is 0.904. The van der Waals surface area contributed by atoms with Gasteiger partial charge in [0.1, 0.15) is 11.5 Å². The Hall–Kier alpha value is -2.00. The van der Waals surface area contributed by atoms with Crippen LogP contribution in [0.5, 0.6) is 11.5 Å². The largest absolute Gasteiger partial charge is 0.497 e. The third kappa shape index (κ3) is 3.11. The minimum atomic E-state index is -0.610. The van der Waals surface area contributed by atoms with Gasteiger partial charge in [0, 0.05) is 12.0 Å². The van der Waals surface area contributed by atoms with E-state index in [1.54, 1.807) is 20.3 Å². The zero-order valence-corrected chi connectivity index (χ0v) is 12.0. The Balaban J connectivity index is 2.30. The molecule has 0 fully saturated rings. The molecule has 106 valence electrons. The van der Waals surface area contributed by atoms with Crippen LogP contribution in [0.25, 0.3) is 0 Å². The summed E-state index contributed by atoms with van der Waals surface area (Å²) < 4.78 is 10.5. The summed E-state index contributed by atoms with van der Waals surface area (Å²) in [6, 6.07) is 15.4. The first-order chi connectivity index (χ1) is 9.65. The molecule has 0 bridgehead atoms. The van der Waals surface area contributed by atoms with Crippen LogP contribution in [-0.4, -0.2) is 19.3 Å². The fourth-order valence-corrected chi connectivity index (χ4v) is 2.23. The zero-order chi connectivity index (χ0) is 14.5. The van der Waals surface area contributed by atoms with Gasteiger partial charge >= 0.3 is 0 Å². The highest BCUT2D eigenvalue weighted by Crippen LogP contribution is 2.34. The maximum atomic E-state index is 10.6. The molecule has 2 aromatic carbocycles. The Bertz CT molecular complexity index is 529. The molecule has 3 heteroatoms. The lowest BCUT2D eigenvalue weighted by molar-refractivity contribution is 0.151. The van der Waals surface area contributed by atoms with Crippen LogP contribution in [0.1, 0.15) is 30.1 Å². The van der Waals surface area contributed by atoms with Crippen molar-refractivity contribution in [1.82, 2.24) is 0 Å². The molecule has 0 aromatic heterocycles. The number of rotatable bonds is 5. The van der Waals surface area contributed by atoms with E-state index in [1.165, 1.54) is 0 Å². The summed E-state index contributed by atoms with van der Waals surface area (Å²) in [6.45, 7) is 2.01. The number of methoxy groups -OCH3 is 2. The van der Waals surface area contributed by atoms with Gasteiger partial charge in [-0.3, -0.25) is 0 Å². The highest BCUT2D eigenvalue weighted by atomic mass is 16.5. The van der Waals surface area contributed by atoms with E-state index in [-0.39, 0.29) is 5.92 Å². The van der Waals surface area contributed by atoms with E-state index in [2.05, 4.69) is 0 Å². The Labute approximate surface area is 119 Å². The van der Waals surface area contributed by atoms with Crippen LogP contribution in [-0.2, 0) is 0 Å². The van der Waals surface area contributed by atoms with Gasteiger partial charge in [-0.1, -0.05) is 37.3 Å². The van der Waals surface area contributed by atoms with Gasteiger partial charge in [-0.2, -0.15) is 0 Å². The van der Waals surface area contributed by atoms with Gasteiger partial charge in [0.15, 0.2) is 0 Å². The van der Waals surface area contributed by atoms with E-state index < -0.39 is 6.10 Å². The predicted molar refractivity (Wildman–Crippen MR) is 79.4 cm³/mol. The highest BCUT2D eigenvalue weighted by Gasteiger charge is 2.19. The molecule has 0 aliphatic carbocycles. The molecule has 1 N–H and O–H groups in total. The van der Waals surface area contributed by atoms with Gasteiger partial charge in [-0.15, -0.1) is 0 Å². The van der Waals surface area contributed by atoms with Crippen molar-refractivity contribution in [1.29, 1.82) is 0 Å². The molecule has 2 rings (SSSR count). The Morgan fingerprint density at radius 1 is 0.850 bits per heavy atom. The van der Waals surface area contributed by atoms with E-state index in [0.29, 0.717) is 11.5 Å². The van der Waals surface area contributed by atoms with E-state index >= 15 is 0 Å². The molecule has 2 atom stereocenters. The first-order valence-electron chi connectivity index (χ1n) is 6.61. The molecule has 0 saturated heterocycles. The number of aliphatic hydroxyl groups excluding tert-OH is 1. The maximum Gasteiger partial charge on any atom is 0.122 e. The molecule has 3 nitrogen and oxygen atoms in total. The average Bonchev–Trinajstić information content (AvgIpc) is 2.53. The Morgan fingerprint density at radius 3 is 1.90 bits per heavy atom. The lowest BCUT2D eigenvalue weighted by atomic mass is 9.90. The van der Waals surface area contributed by atoms with E-state index in [0.717, 1.165) is 11.1 Å². The van der Waals surface area contributed by atoms with Crippen LogP contribution in [0.2, 0.25) is 0 Å². The molecule has 0 aliphatic heterocycles. The van der Waals surface area contributed by atoms with E-state index in [4.69, 9.17) is 9.47 Å². The van der Waals surface area contributed by atoms with Crippen molar-refractivity contribution < 1.29 is 14.6 Å². The molecule has 0 saturated carbocycles. The number of ether oxygens (including phenoxy) is 2. The van der Waals surface area contributed by atoms with Crippen molar-refractivity contribution in [3.63, 3.8) is 0 Å². The summed E-state index contributed by atoms with van der Waals surface area (Å²) in [7, 11) is 3.21. The molecule has 20 heavy (non-hydrogen) atoms. The summed E-state index contributed by atoms with van der Waals surface area (Å²) in [6.07, 6.45) is -0.610. The molecule has 2 aromatic rings. The van der Waals surface area contributed by atoms with Gasteiger partial charge < -0.3 is 14.6 Å². The second-order valence-corrected chi connectivity index (χ2v) is 4.79. The molecular formula is C17H20O3. The fourth-order valence-electron chi connectivity index (χ4n) is 2.23. The lowest BCUT2D eigenvalue weighted by Gasteiger charge is -2.20. The molecule has 0 radical (unpaired) electrons.